The lowest BCUT2D eigenvalue weighted by atomic mass is 10.1. The number of hydrogen-bond donors (Lipinski definition) is 2. The number of nitrogens with zero attached hydrogens (tertiary/aromatic N) is 1. The van der Waals surface area contributed by atoms with Crippen LogP contribution in [0, 0.1) is 10.1 Å². The second-order valence-corrected chi connectivity index (χ2v) is 6.37. The number of carbonyl (C=O) groups is 2. The Kier molecular flexibility index (Phi) is 8.26. The lowest BCUT2D eigenvalue weighted by Crippen LogP contribution is -2.20. The number of non-ortho nitro benzene ring substituents is 1. The summed E-state index contributed by atoms with van der Waals surface area (Å²) in [5.74, 6) is -0.994. The lowest BCUT2D eigenvalue weighted by molar-refractivity contribution is -0.384. The van der Waals surface area contributed by atoms with Crippen molar-refractivity contribution in [2.75, 3.05) is 31.0 Å². The first-order valence-corrected chi connectivity index (χ1v) is 9.59. The SMILES string of the molecule is CCOC(=O)c1cc(NC(=S)Nc2ccc([N+](=O)[O-])cc2OC)cc(C(=O)OCC)c1. The molecule has 0 aliphatic rings. The smallest absolute Gasteiger partial charge is 0.338 e. The van der Waals surface area contributed by atoms with Crippen LogP contribution < -0.4 is 15.4 Å². The molecule has 31 heavy (non-hydrogen) atoms. The van der Waals surface area contributed by atoms with Gasteiger partial charge >= 0.3 is 11.9 Å². The van der Waals surface area contributed by atoms with E-state index in [0.29, 0.717) is 11.4 Å². The van der Waals surface area contributed by atoms with Crippen LogP contribution in [-0.2, 0) is 9.47 Å². The highest BCUT2D eigenvalue weighted by atomic mass is 32.1. The summed E-state index contributed by atoms with van der Waals surface area (Å²) in [4.78, 5) is 34.7. The Morgan fingerprint density at radius 2 is 1.58 bits per heavy atom. The molecule has 10 nitrogen and oxygen atoms in total. The highest BCUT2D eigenvalue weighted by molar-refractivity contribution is 7.80. The molecule has 0 heterocycles. The molecule has 0 amide bonds. The number of ether oxygens (including phenoxy) is 3. The van der Waals surface area contributed by atoms with E-state index in [1.54, 1.807) is 13.8 Å². The number of nitrogens with one attached hydrogen (secondary N) is 2. The molecule has 0 aliphatic heterocycles. The molecule has 0 bridgehead atoms. The molecule has 0 fully saturated rings. The summed E-state index contributed by atoms with van der Waals surface area (Å²) in [6, 6.07) is 8.32. The number of carbonyl (C=O) groups excluding carboxylic acids is 2. The van der Waals surface area contributed by atoms with E-state index in [2.05, 4.69) is 10.6 Å². The van der Waals surface area contributed by atoms with Crippen molar-refractivity contribution in [2.24, 2.45) is 0 Å². The van der Waals surface area contributed by atoms with Crippen molar-refractivity contribution in [1.29, 1.82) is 0 Å². The van der Waals surface area contributed by atoms with Gasteiger partial charge in [0.1, 0.15) is 5.75 Å². The van der Waals surface area contributed by atoms with E-state index < -0.39 is 16.9 Å². The molecule has 0 atom stereocenters. The summed E-state index contributed by atoms with van der Waals surface area (Å²) in [7, 11) is 1.37. The highest BCUT2D eigenvalue weighted by Gasteiger charge is 2.16. The van der Waals surface area contributed by atoms with Gasteiger partial charge in [-0.3, -0.25) is 10.1 Å². The molecule has 2 aromatic rings. The van der Waals surface area contributed by atoms with Gasteiger partial charge in [-0.2, -0.15) is 0 Å². The van der Waals surface area contributed by atoms with E-state index in [1.165, 1.54) is 43.5 Å². The average Bonchev–Trinajstić information content (AvgIpc) is 2.73. The predicted molar refractivity (Wildman–Crippen MR) is 118 cm³/mol. The van der Waals surface area contributed by atoms with Crippen LogP contribution in [0.15, 0.2) is 36.4 Å². The summed E-state index contributed by atoms with van der Waals surface area (Å²) < 4.78 is 15.2. The van der Waals surface area contributed by atoms with E-state index in [-0.39, 0.29) is 40.9 Å². The van der Waals surface area contributed by atoms with Crippen molar-refractivity contribution < 1.29 is 28.7 Å². The van der Waals surface area contributed by atoms with Crippen LogP contribution in [0.2, 0.25) is 0 Å². The lowest BCUT2D eigenvalue weighted by Gasteiger charge is -2.15. The van der Waals surface area contributed by atoms with Crippen molar-refractivity contribution in [1.82, 2.24) is 0 Å². The first-order chi connectivity index (χ1) is 14.8. The molecule has 0 aliphatic carbocycles. The van der Waals surface area contributed by atoms with Crippen molar-refractivity contribution in [2.45, 2.75) is 13.8 Å². The number of nitro groups is 1. The van der Waals surface area contributed by atoms with Crippen LogP contribution >= 0.6 is 12.2 Å². The molecule has 0 saturated heterocycles. The summed E-state index contributed by atoms with van der Waals surface area (Å²) in [6.45, 7) is 3.68. The Balaban J connectivity index is 2.28. The summed E-state index contributed by atoms with van der Waals surface area (Å²) >= 11 is 5.29. The summed E-state index contributed by atoms with van der Waals surface area (Å²) in [5, 5.41) is 16.8. The Bertz CT molecular complexity index is 974. The molecular weight excluding hydrogens is 426 g/mol. The molecular formula is C20H21N3O7S. The van der Waals surface area contributed by atoms with E-state index >= 15 is 0 Å². The third-order valence-electron chi connectivity index (χ3n) is 3.86. The zero-order valence-electron chi connectivity index (χ0n) is 17.1. The minimum Gasteiger partial charge on any atom is -0.494 e. The maximum Gasteiger partial charge on any atom is 0.338 e. The normalized spacial score (nSPS) is 10.0. The fourth-order valence-corrected chi connectivity index (χ4v) is 2.77. The van der Waals surface area contributed by atoms with E-state index in [1.807, 2.05) is 0 Å². The highest BCUT2D eigenvalue weighted by Crippen LogP contribution is 2.29. The second kappa shape index (κ2) is 10.9. The Morgan fingerprint density at radius 1 is 1.00 bits per heavy atom. The predicted octanol–water partition coefficient (Wildman–Crippen LogP) is 3.77. The zero-order valence-corrected chi connectivity index (χ0v) is 17.9. The van der Waals surface area contributed by atoms with Crippen molar-refractivity contribution in [3.05, 3.63) is 57.6 Å². The topological polar surface area (TPSA) is 129 Å². The van der Waals surface area contributed by atoms with Gasteiger partial charge in [-0.1, -0.05) is 0 Å². The minimum atomic E-state index is -0.604. The van der Waals surface area contributed by atoms with E-state index in [4.69, 9.17) is 26.4 Å². The molecule has 0 spiro atoms. The molecule has 11 heteroatoms. The number of benzene rings is 2. The molecule has 2 rings (SSSR count). The number of rotatable bonds is 8. The molecule has 164 valence electrons. The standard InChI is InChI=1S/C20H21N3O7S/c1-4-29-18(24)12-8-13(19(25)30-5-2)10-14(9-12)21-20(31)22-16-7-6-15(23(26)27)11-17(16)28-3/h6-11H,4-5H2,1-3H3,(H2,21,22,31). The van der Waals surface area contributed by atoms with Crippen LogP contribution in [-0.4, -0.2) is 42.3 Å². The van der Waals surface area contributed by atoms with E-state index in [0.717, 1.165) is 0 Å². The van der Waals surface area contributed by atoms with Gasteiger partial charge in [-0.05, 0) is 50.3 Å². The van der Waals surface area contributed by atoms with Crippen molar-refractivity contribution >= 4 is 46.3 Å². The van der Waals surface area contributed by atoms with Gasteiger partial charge in [0.2, 0.25) is 0 Å². The van der Waals surface area contributed by atoms with Gasteiger partial charge in [-0.25, -0.2) is 9.59 Å². The quantitative estimate of drug-likeness (QED) is 0.267. The number of esters is 2. The Hall–Kier alpha value is -3.73. The third kappa shape index (κ3) is 6.37. The Morgan fingerprint density at radius 3 is 2.06 bits per heavy atom. The zero-order chi connectivity index (χ0) is 23.0. The van der Waals surface area contributed by atoms with Gasteiger partial charge in [0.15, 0.2) is 5.11 Å². The maximum absolute atomic E-state index is 12.2. The average molecular weight is 447 g/mol. The number of thiocarbonyl (C=S) groups is 1. The molecule has 2 N–H and O–H groups in total. The fraction of sp³-hybridized carbons (Fsp3) is 0.250. The van der Waals surface area contributed by atoms with Crippen LogP contribution in [0.3, 0.4) is 0 Å². The van der Waals surface area contributed by atoms with E-state index in [9.17, 15) is 19.7 Å². The summed E-state index contributed by atoms with van der Waals surface area (Å²) in [5.41, 5.74) is 0.878. The van der Waals surface area contributed by atoms with Gasteiger partial charge in [-0.15, -0.1) is 0 Å². The van der Waals surface area contributed by atoms with Crippen LogP contribution in [0.5, 0.6) is 5.75 Å². The van der Waals surface area contributed by atoms with Gasteiger partial charge in [0.25, 0.3) is 5.69 Å². The van der Waals surface area contributed by atoms with Gasteiger partial charge in [0.05, 0.1) is 48.1 Å². The molecule has 0 unspecified atom stereocenters. The first-order valence-electron chi connectivity index (χ1n) is 9.18. The maximum atomic E-state index is 12.2. The van der Waals surface area contributed by atoms with Crippen molar-refractivity contribution in [3.63, 3.8) is 0 Å². The van der Waals surface area contributed by atoms with Gasteiger partial charge < -0.3 is 24.8 Å². The molecule has 0 aromatic heterocycles. The number of anilines is 2. The largest absolute Gasteiger partial charge is 0.494 e. The van der Waals surface area contributed by atoms with Crippen molar-refractivity contribution in [3.8, 4) is 5.75 Å². The summed E-state index contributed by atoms with van der Waals surface area (Å²) in [6.07, 6.45) is 0. The van der Waals surface area contributed by atoms with Crippen LogP contribution in [0.25, 0.3) is 0 Å². The van der Waals surface area contributed by atoms with Crippen LogP contribution in [0.4, 0.5) is 17.1 Å². The second-order valence-electron chi connectivity index (χ2n) is 5.96. The minimum absolute atomic E-state index is 0.1000. The molecule has 0 radical (unpaired) electrons. The fourth-order valence-electron chi connectivity index (χ4n) is 2.55. The molecule has 0 saturated carbocycles. The third-order valence-corrected chi connectivity index (χ3v) is 4.06. The van der Waals surface area contributed by atoms with Gasteiger partial charge in [0, 0.05) is 11.8 Å². The monoisotopic (exact) mass is 447 g/mol. The molecule has 2 aromatic carbocycles. The first kappa shape index (κ1) is 23.5. The number of hydrogen-bond acceptors (Lipinski definition) is 8. The van der Waals surface area contributed by atoms with Crippen LogP contribution in [0.1, 0.15) is 34.6 Å². The number of methoxy groups -OCH3 is 1. The number of nitro benzene ring substituents is 1. The Labute approximate surface area is 183 Å².